The molecule has 6 heteroatoms. The Labute approximate surface area is 143 Å². The monoisotopic (exact) mass is 340 g/mol. The van der Waals surface area contributed by atoms with Gasteiger partial charge in [0, 0.05) is 28.3 Å². The van der Waals surface area contributed by atoms with Gasteiger partial charge >= 0.3 is 0 Å². The van der Waals surface area contributed by atoms with Crippen LogP contribution in [0.1, 0.15) is 24.7 Å². The summed E-state index contributed by atoms with van der Waals surface area (Å²) in [5.41, 5.74) is 3.37. The van der Waals surface area contributed by atoms with E-state index in [0.717, 1.165) is 21.8 Å². The van der Waals surface area contributed by atoms with Crippen molar-refractivity contribution in [3.05, 3.63) is 75.5 Å². The third kappa shape index (κ3) is 3.05. The van der Waals surface area contributed by atoms with Gasteiger partial charge in [0.2, 0.25) is 0 Å². The molecule has 122 valence electrons. The molecule has 0 aromatic heterocycles. The number of fused-ring (bicyclic) bond motifs is 1. The molecular weight excluding hydrogens is 324 g/mol. The van der Waals surface area contributed by atoms with Gasteiger partial charge in [0.15, 0.2) is 5.78 Å². The van der Waals surface area contributed by atoms with Gasteiger partial charge < -0.3 is 5.32 Å². The first-order valence-corrected chi connectivity index (χ1v) is 8.34. The standard InChI is InChI=1S/C18H16N2O3S/c1-11-17(12(2)21)18(13-7-9-14(10-8-13)20(22)23)24-16-6-4-3-5-15(16)19-11/h3-10,18-19H,1-2H3. The van der Waals surface area contributed by atoms with Crippen LogP contribution in [0.3, 0.4) is 0 Å². The van der Waals surface area contributed by atoms with Crippen molar-refractivity contribution in [3.8, 4) is 0 Å². The molecule has 1 N–H and O–H groups in total. The number of rotatable bonds is 3. The molecule has 1 atom stereocenters. The van der Waals surface area contributed by atoms with Gasteiger partial charge in [0.25, 0.3) is 5.69 Å². The lowest BCUT2D eigenvalue weighted by atomic mass is 9.99. The fourth-order valence-electron chi connectivity index (χ4n) is 2.78. The van der Waals surface area contributed by atoms with Crippen molar-refractivity contribution in [1.29, 1.82) is 0 Å². The molecule has 5 nitrogen and oxygen atoms in total. The number of ketones is 1. The topological polar surface area (TPSA) is 72.2 Å². The Hall–Kier alpha value is -2.60. The van der Waals surface area contributed by atoms with Gasteiger partial charge in [0.05, 0.1) is 15.9 Å². The fraction of sp³-hybridized carbons (Fsp3) is 0.167. The predicted octanol–water partition coefficient (Wildman–Crippen LogP) is 4.72. The Balaban J connectivity index is 2.10. The lowest BCUT2D eigenvalue weighted by Gasteiger charge is -2.18. The third-order valence-corrected chi connectivity index (χ3v) is 5.26. The first-order chi connectivity index (χ1) is 11.5. The van der Waals surface area contributed by atoms with Gasteiger partial charge in [-0.1, -0.05) is 24.3 Å². The largest absolute Gasteiger partial charge is 0.358 e. The number of non-ortho nitro benzene ring substituents is 1. The van der Waals surface area contributed by atoms with Gasteiger partial charge in [-0.05, 0) is 31.5 Å². The minimum atomic E-state index is -0.423. The van der Waals surface area contributed by atoms with E-state index in [-0.39, 0.29) is 16.7 Å². The number of nitrogens with zero attached hydrogens (tertiary/aromatic N) is 1. The van der Waals surface area contributed by atoms with Crippen LogP contribution in [0, 0.1) is 10.1 Å². The summed E-state index contributed by atoms with van der Waals surface area (Å²) in [6.45, 7) is 3.44. The lowest BCUT2D eigenvalue weighted by molar-refractivity contribution is -0.384. The zero-order valence-corrected chi connectivity index (χ0v) is 14.1. The van der Waals surface area contributed by atoms with E-state index < -0.39 is 4.92 Å². The summed E-state index contributed by atoms with van der Waals surface area (Å²) in [5, 5.41) is 14.0. The molecule has 2 aromatic rings. The van der Waals surface area contributed by atoms with E-state index in [1.54, 1.807) is 30.8 Å². The van der Waals surface area contributed by atoms with Crippen LogP contribution in [0.15, 0.2) is 64.7 Å². The molecule has 0 fully saturated rings. The van der Waals surface area contributed by atoms with Crippen molar-refractivity contribution >= 4 is 28.9 Å². The Morgan fingerprint density at radius 2 is 1.83 bits per heavy atom. The second-order valence-corrected chi connectivity index (χ2v) is 6.71. The normalized spacial score (nSPS) is 16.8. The number of carbonyl (C=O) groups is 1. The third-order valence-electron chi connectivity index (χ3n) is 3.91. The van der Waals surface area contributed by atoms with Crippen molar-refractivity contribution in [3.63, 3.8) is 0 Å². The number of benzene rings is 2. The van der Waals surface area contributed by atoms with Crippen molar-refractivity contribution in [2.75, 3.05) is 5.32 Å². The summed E-state index contributed by atoms with van der Waals surface area (Å²) >= 11 is 1.57. The zero-order chi connectivity index (χ0) is 17.3. The average Bonchev–Trinajstić information content (AvgIpc) is 2.70. The van der Waals surface area contributed by atoms with Gasteiger partial charge in [0.1, 0.15) is 0 Å². The van der Waals surface area contributed by atoms with Crippen LogP contribution in [0.2, 0.25) is 0 Å². The average molecular weight is 340 g/mol. The Bertz CT molecular complexity index is 844. The van der Waals surface area contributed by atoms with Crippen LogP contribution in [0.4, 0.5) is 11.4 Å². The predicted molar refractivity (Wildman–Crippen MR) is 95.1 cm³/mol. The molecule has 0 saturated carbocycles. The van der Waals surface area contributed by atoms with Gasteiger partial charge in [-0.2, -0.15) is 0 Å². The number of Topliss-reactive ketones (excluding diaryl/α,β-unsaturated/α-hetero) is 1. The molecule has 0 bridgehead atoms. The van der Waals surface area contributed by atoms with E-state index in [9.17, 15) is 14.9 Å². The van der Waals surface area contributed by atoms with E-state index in [0.29, 0.717) is 5.57 Å². The Kier molecular flexibility index (Phi) is 4.40. The van der Waals surface area contributed by atoms with Crippen molar-refractivity contribution in [2.24, 2.45) is 0 Å². The molecule has 1 aliphatic rings. The second-order valence-electron chi connectivity index (χ2n) is 5.56. The molecule has 0 radical (unpaired) electrons. The van der Waals surface area contributed by atoms with Crippen LogP contribution in [-0.2, 0) is 4.79 Å². The van der Waals surface area contributed by atoms with E-state index in [2.05, 4.69) is 5.32 Å². The number of nitrogens with one attached hydrogen (secondary N) is 1. The molecular formula is C18H16N2O3S. The highest BCUT2D eigenvalue weighted by Gasteiger charge is 2.28. The molecule has 0 saturated heterocycles. The number of nitro groups is 1. The molecule has 1 unspecified atom stereocenters. The summed E-state index contributed by atoms with van der Waals surface area (Å²) in [5.74, 6) is -0.0105. The van der Waals surface area contributed by atoms with Crippen molar-refractivity contribution in [1.82, 2.24) is 0 Å². The maximum absolute atomic E-state index is 12.3. The Morgan fingerprint density at radius 3 is 2.46 bits per heavy atom. The number of anilines is 1. The van der Waals surface area contributed by atoms with Crippen LogP contribution >= 0.6 is 11.8 Å². The minimum Gasteiger partial charge on any atom is -0.358 e. The number of para-hydroxylation sites is 1. The molecule has 24 heavy (non-hydrogen) atoms. The second kappa shape index (κ2) is 6.49. The summed E-state index contributed by atoms with van der Waals surface area (Å²) < 4.78 is 0. The van der Waals surface area contributed by atoms with E-state index in [1.807, 2.05) is 31.2 Å². The van der Waals surface area contributed by atoms with Crippen molar-refractivity contribution < 1.29 is 9.72 Å². The smallest absolute Gasteiger partial charge is 0.269 e. The number of carbonyl (C=O) groups excluding carboxylic acids is 1. The molecule has 0 aliphatic carbocycles. The molecule has 0 spiro atoms. The van der Waals surface area contributed by atoms with Gasteiger partial charge in [-0.25, -0.2) is 0 Å². The molecule has 2 aromatic carbocycles. The number of hydrogen-bond donors (Lipinski definition) is 1. The van der Waals surface area contributed by atoms with Crippen LogP contribution in [0.5, 0.6) is 0 Å². The Morgan fingerprint density at radius 1 is 1.17 bits per heavy atom. The molecule has 1 heterocycles. The highest BCUT2D eigenvalue weighted by molar-refractivity contribution is 8.00. The lowest BCUT2D eigenvalue weighted by Crippen LogP contribution is -2.10. The maximum atomic E-state index is 12.3. The molecule has 1 aliphatic heterocycles. The first kappa shape index (κ1) is 16.3. The van der Waals surface area contributed by atoms with Gasteiger partial charge in [-0.15, -0.1) is 11.8 Å². The van der Waals surface area contributed by atoms with Crippen LogP contribution < -0.4 is 5.32 Å². The van der Waals surface area contributed by atoms with Crippen LogP contribution in [-0.4, -0.2) is 10.7 Å². The number of hydrogen-bond acceptors (Lipinski definition) is 5. The number of thioether (sulfide) groups is 1. The number of allylic oxidation sites excluding steroid dienone is 1. The van der Waals surface area contributed by atoms with Crippen LogP contribution in [0.25, 0.3) is 0 Å². The molecule has 0 amide bonds. The highest BCUT2D eigenvalue weighted by Crippen LogP contribution is 2.47. The fourth-order valence-corrected chi connectivity index (χ4v) is 4.19. The van der Waals surface area contributed by atoms with E-state index >= 15 is 0 Å². The van der Waals surface area contributed by atoms with E-state index in [4.69, 9.17) is 0 Å². The SMILES string of the molecule is CC(=O)C1=C(C)Nc2ccccc2SC1c1ccc([N+](=O)[O-])cc1. The van der Waals surface area contributed by atoms with Gasteiger partial charge in [-0.3, -0.25) is 14.9 Å². The maximum Gasteiger partial charge on any atom is 0.269 e. The summed E-state index contributed by atoms with van der Waals surface area (Å²) in [7, 11) is 0. The van der Waals surface area contributed by atoms with E-state index in [1.165, 1.54) is 12.1 Å². The summed E-state index contributed by atoms with van der Waals surface area (Å²) in [6, 6.07) is 14.3. The highest BCUT2D eigenvalue weighted by atomic mass is 32.2. The van der Waals surface area contributed by atoms with Crippen molar-refractivity contribution in [2.45, 2.75) is 24.0 Å². The summed E-state index contributed by atoms with van der Waals surface area (Å²) in [4.78, 5) is 23.7. The minimum absolute atomic E-state index is 0.0105. The first-order valence-electron chi connectivity index (χ1n) is 7.46. The zero-order valence-electron chi connectivity index (χ0n) is 13.3. The summed E-state index contributed by atoms with van der Waals surface area (Å²) in [6.07, 6.45) is 0. The quantitative estimate of drug-likeness (QED) is 0.647. The molecule has 3 rings (SSSR count). The number of nitro benzene ring substituents is 1.